The Balaban J connectivity index is 1.95. The molecule has 0 bridgehead atoms. The van der Waals surface area contributed by atoms with E-state index in [1.165, 1.54) is 5.56 Å². The van der Waals surface area contributed by atoms with Crippen molar-refractivity contribution in [2.75, 3.05) is 6.26 Å². The molecule has 5 nitrogen and oxygen atoms in total. The molecule has 0 aliphatic rings. The first-order chi connectivity index (χ1) is 13.0. The van der Waals surface area contributed by atoms with Crippen molar-refractivity contribution >= 4 is 27.4 Å². The maximum Gasteiger partial charge on any atom is 0.210 e. The van der Waals surface area contributed by atoms with E-state index < -0.39 is 16.2 Å². The van der Waals surface area contributed by atoms with Gasteiger partial charge in [-0.05, 0) is 34.3 Å². The van der Waals surface area contributed by atoms with Crippen LogP contribution >= 0.6 is 12.2 Å². The van der Waals surface area contributed by atoms with Gasteiger partial charge in [0.1, 0.15) is 0 Å². The minimum absolute atomic E-state index is 0.116. The van der Waals surface area contributed by atoms with Gasteiger partial charge in [0.05, 0.1) is 12.4 Å². The summed E-state index contributed by atoms with van der Waals surface area (Å²) in [7, 11) is -3.37. The average Bonchev–Trinajstić information content (AvgIpc) is 2.59. The molecular weight excluding hydrogens is 390 g/mol. The highest BCUT2D eigenvalue weighted by Crippen LogP contribution is 2.22. The Morgan fingerprint density at radius 1 is 1.00 bits per heavy atom. The molecule has 2 aromatic rings. The monoisotopic (exact) mass is 419 g/mol. The highest BCUT2D eigenvalue weighted by atomic mass is 32.2. The number of benzene rings is 2. The number of thiocarbonyl (C=S) groups is 1. The fourth-order valence-corrected chi connectivity index (χ4v) is 3.62. The van der Waals surface area contributed by atoms with E-state index in [0.29, 0.717) is 18.1 Å². The Kier molecular flexibility index (Phi) is 7.57. The van der Waals surface area contributed by atoms with E-state index in [-0.39, 0.29) is 5.41 Å². The maximum absolute atomic E-state index is 11.7. The van der Waals surface area contributed by atoms with Gasteiger partial charge in [0.2, 0.25) is 10.0 Å². The third-order valence-electron chi connectivity index (χ3n) is 4.22. The topological polar surface area (TPSA) is 70.2 Å². The molecule has 1 unspecified atom stereocenters. The molecule has 0 heterocycles. The lowest BCUT2D eigenvalue weighted by atomic mass is 9.87. The second kappa shape index (κ2) is 9.49. The molecular formula is C21H29N3O2S2. The van der Waals surface area contributed by atoms with Crippen molar-refractivity contribution in [2.24, 2.45) is 0 Å². The van der Waals surface area contributed by atoms with Crippen LogP contribution < -0.4 is 15.4 Å². The summed E-state index contributed by atoms with van der Waals surface area (Å²) in [6, 6.07) is 18.1. The zero-order chi connectivity index (χ0) is 20.8. The van der Waals surface area contributed by atoms with Crippen molar-refractivity contribution in [3.8, 4) is 0 Å². The molecule has 0 amide bonds. The first kappa shape index (κ1) is 22.3. The fourth-order valence-electron chi connectivity index (χ4n) is 2.74. The van der Waals surface area contributed by atoms with Crippen LogP contribution in [0, 0.1) is 0 Å². The maximum atomic E-state index is 11.7. The van der Waals surface area contributed by atoms with Crippen LogP contribution in [0.15, 0.2) is 54.6 Å². The molecule has 2 aromatic carbocycles. The van der Waals surface area contributed by atoms with Gasteiger partial charge >= 0.3 is 0 Å². The summed E-state index contributed by atoms with van der Waals surface area (Å²) < 4.78 is 26.0. The Hall–Kier alpha value is -1.96. The van der Waals surface area contributed by atoms with Crippen LogP contribution in [0.3, 0.4) is 0 Å². The van der Waals surface area contributed by atoms with Crippen molar-refractivity contribution in [3.05, 3.63) is 71.3 Å². The summed E-state index contributed by atoms with van der Waals surface area (Å²) in [4.78, 5) is 0. The summed E-state index contributed by atoms with van der Waals surface area (Å²) in [6.45, 7) is 7.11. The molecule has 0 aliphatic heterocycles. The third kappa shape index (κ3) is 7.96. The summed E-state index contributed by atoms with van der Waals surface area (Å²) in [5, 5.41) is 6.60. The van der Waals surface area contributed by atoms with Gasteiger partial charge in [0.25, 0.3) is 0 Å². The van der Waals surface area contributed by atoms with Crippen LogP contribution in [0.1, 0.15) is 37.5 Å². The van der Waals surface area contributed by atoms with Crippen molar-refractivity contribution in [2.45, 2.75) is 45.3 Å². The van der Waals surface area contributed by atoms with Crippen LogP contribution in [-0.2, 0) is 28.4 Å². The molecule has 0 spiro atoms. The standard InChI is InChI=1S/C21H29N3O2S2/c1-21(2,3)18-12-10-17(11-13-18)15-22-20(27)23-19(24-28(4,25)26)14-16-8-6-5-7-9-16/h5-13,19,24H,14-15H2,1-4H3,(H2,22,23,27). The third-order valence-corrected chi connectivity index (χ3v) is 5.19. The normalized spacial score (nSPS) is 13.0. The molecule has 0 aromatic heterocycles. The fraction of sp³-hybridized carbons (Fsp3) is 0.381. The van der Waals surface area contributed by atoms with Gasteiger partial charge in [-0.1, -0.05) is 75.4 Å². The second-order valence-corrected chi connectivity index (χ2v) is 10.1. The predicted molar refractivity (Wildman–Crippen MR) is 120 cm³/mol. The van der Waals surface area contributed by atoms with Crippen molar-refractivity contribution in [1.29, 1.82) is 0 Å². The van der Waals surface area contributed by atoms with Crippen molar-refractivity contribution in [1.82, 2.24) is 15.4 Å². The smallest absolute Gasteiger partial charge is 0.210 e. The molecule has 0 fully saturated rings. The Bertz CT molecular complexity index is 874. The van der Waals surface area contributed by atoms with E-state index in [1.807, 2.05) is 30.3 Å². The van der Waals surface area contributed by atoms with Crippen LogP contribution in [0.5, 0.6) is 0 Å². The summed E-state index contributed by atoms with van der Waals surface area (Å²) in [5.41, 5.74) is 3.51. The number of rotatable bonds is 7. The zero-order valence-electron chi connectivity index (χ0n) is 16.8. The number of sulfonamides is 1. The zero-order valence-corrected chi connectivity index (χ0v) is 18.5. The van der Waals surface area contributed by atoms with Crippen LogP contribution in [0.25, 0.3) is 0 Å². The average molecular weight is 420 g/mol. The van der Waals surface area contributed by atoms with E-state index in [4.69, 9.17) is 12.2 Å². The first-order valence-electron chi connectivity index (χ1n) is 9.18. The van der Waals surface area contributed by atoms with E-state index >= 15 is 0 Å². The van der Waals surface area contributed by atoms with Gasteiger partial charge in [-0.3, -0.25) is 0 Å². The van der Waals surface area contributed by atoms with E-state index in [0.717, 1.165) is 17.4 Å². The number of hydrogen-bond donors (Lipinski definition) is 3. The molecule has 0 aliphatic carbocycles. The summed E-state index contributed by atoms with van der Waals surface area (Å²) >= 11 is 5.36. The molecule has 3 N–H and O–H groups in total. The molecule has 152 valence electrons. The van der Waals surface area contributed by atoms with Gasteiger partial charge in [0, 0.05) is 13.0 Å². The highest BCUT2D eigenvalue weighted by molar-refractivity contribution is 7.88. The first-order valence-corrected chi connectivity index (χ1v) is 11.5. The quantitative estimate of drug-likeness (QED) is 0.475. The minimum atomic E-state index is -3.37. The molecule has 7 heteroatoms. The van der Waals surface area contributed by atoms with Gasteiger partial charge < -0.3 is 10.6 Å². The Morgan fingerprint density at radius 2 is 1.61 bits per heavy atom. The molecule has 0 saturated carbocycles. The van der Waals surface area contributed by atoms with Gasteiger partial charge in [-0.15, -0.1) is 0 Å². The summed E-state index contributed by atoms with van der Waals surface area (Å²) in [6.07, 6.45) is 1.09. The summed E-state index contributed by atoms with van der Waals surface area (Å²) in [5.74, 6) is 0. The lowest BCUT2D eigenvalue weighted by molar-refractivity contribution is 0.530. The van der Waals surface area contributed by atoms with E-state index in [2.05, 4.69) is 60.4 Å². The van der Waals surface area contributed by atoms with Gasteiger partial charge in [0.15, 0.2) is 5.11 Å². The molecule has 0 radical (unpaired) electrons. The molecule has 2 rings (SSSR count). The number of hydrogen-bond acceptors (Lipinski definition) is 3. The van der Waals surface area contributed by atoms with Gasteiger partial charge in [-0.2, -0.15) is 4.72 Å². The molecule has 0 saturated heterocycles. The molecule has 28 heavy (non-hydrogen) atoms. The van der Waals surface area contributed by atoms with Gasteiger partial charge in [-0.25, -0.2) is 8.42 Å². The Morgan fingerprint density at radius 3 is 2.14 bits per heavy atom. The number of nitrogens with one attached hydrogen (secondary N) is 3. The lowest BCUT2D eigenvalue weighted by Gasteiger charge is -2.22. The lowest BCUT2D eigenvalue weighted by Crippen LogP contribution is -2.51. The van der Waals surface area contributed by atoms with Crippen LogP contribution in [-0.4, -0.2) is 26.0 Å². The second-order valence-electron chi connectivity index (χ2n) is 7.91. The van der Waals surface area contributed by atoms with Crippen LogP contribution in [0.4, 0.5) is 0 Å². The van der Waals surface area contributed by atoms with Crippen molar-refractivity contribution in [3.63, 3.8) is 0 Å². The Labute approximate surface area is 174 Å². The predicted octanol–water partition coefficient (Wildman–Crippen LogP) is 3.07. The highest BCUT2D eigenvalue weighted by Gasteiger charge is 2.16. The SMILES string of the molecule is CC(C)(C)c1ccc(CNC(=S)NC(Cc2ccccc2)NS(C)(=O)=O)cc1. The van der Waals surface area contributed by atoms with Crippen LogP contribution in [0.2, 0.25) is 0 Å². The largest absolute Gasteiger partial charge is 0.359 e. The molecule has 1 atom stereocenters. The van der Waals surface area contributed by atoms with E-state index in [9.17, 15) is 8.42 Å². The van der Waals surface area contributed by atoms with Crippen molar-refractivity contribution < 1.29 is 8.42 Å². The van der Waals surface area contributed by atoms with E-state index in [1.54, 1.807) is 0 Å². The minimum Gasteiger partial charge on any atom is -0.359 e.